The van der Waals surface area contributed by atoms with Crippen LogP contribution in [0.15, 0.2) is 47.5 Å². The Hall–Kier alpha value is -2.23. The first-order valence-electron chi connectivity index (χ1n) is 6.32. The van der Waals surface area contributed by atoms with E-state index >= 15 is 0 Å². The molecule has 2 rings (SSSR count). The molecule has 1 aromatic heterocycles. The van der Waals surface area contributed by atoms with Crippen molar-refractivity contribution in [2.24, 2.45) is 0 Å². The molecule has 1 heterocycles. The molecule has 0 saturated heterocycles. The number of rotatable bonds is 4. The summed E-state index contributed by atoms with van der Waals surface area (Å²) in [6.07, 6.45) is 1.40. The van der Waals surface area contributed by atoms with Crippen LogP contribution in [0.2, 0.25) is 0 Å². The third-order valence-corrected chi connectivity index (χ3v) is 4.93. The largest absolute Gasteiger partial charge is 0.246 e. The topological polar surface area (TPSA) is 74.1 Å². The van der Waals surface area contributed by atoms with Crippen molar-refractivity contribution in [1.29, 1.82) is 5.26 Å². The summed E-state index contributed by atoms with van der Waals surface area (Å²) in [6, 6.07) is 12.3. The molecule has 0 unspecified atom stereocenters. The number of sulfonamides is 1. The van der Waals surface area contributed by atoms with Crippen LogP contribution in [0.5, 0.6) is 0 Å². The SMILES string of the molecule is Cc1ccc(CN(C)S(=O)(=O)c2cccnc2C#N)cc1. The molecule has 6 heteroatoms. The summed E-state index contributed by atoms with van der Waals surface area (Å²) in [4.78, 5) is 3.73. The molecule has 0 amide bonds. The van der Waals surface area contributed by atoms with Crippen molar-refractivity contribution in [3.05, 3.63) is 59.4 Å². The van der Waals surface area contributed by atoms with Gasteiger partial charge in [-0.05, 0) is 24.6 Å². The second-order valence-electron chi connectivity index (χ2n) is 4.71. The van der Waals surface area contributed by atoms with E-state index in [9.17, 15) is 8.42 Å². The van der Waals surface area contributed by atoms with Gasteiger partial charge in [0.1, 0.15) is 11.0 Å². The normalized spacial score (nSPS) is 11.3. The predicted molar refractivity (Wildman–Crippen MR) is 78.8 cm³/mol. The van der Waals surface area contributed by atoms with Gasteiger partial charge in [-0.15, -0.1) is 0 Å². The minimum absolute atomic E-state index is 0.0675. The van der Waals surface area contributed by atoms with Gasteiger partial charge in [-0.1, -0.05) is 29.8 Å². The first-order chi connectivity index (χ1) is 9.95. The first-order valence-corrected chi connectivity index (χ1v) is 7.76. The summed E-state index contributed by atoms with van der Waals surface area (Å²) in [5, 5.41) is 8.99. The average Bonchev–Trinajstić information content (AvgIpc) is 2.49. The minimum Gasteiger partial charge on any atom is -0.244 e. The fourth-order valence-corrected chi connectivity index (χ4v) is 3.13. The van der Waals surface area contributed by atoms with E-state index in [0.29, 0.717) is 0 Å². The van der Waals surface area contributed by atoms with Gasteiger partial charge in [0.2, 0.25) is 10.0 Å². The van der Waals surface area contributed by atoms with Crippen molar-refractivity contribution in [3.63, 3.8) is 0 Å². The maximum Gasteiger partial charge on any atom is 0.246 e. The van der Waals surface area contributed by atoms with Gasteiger partial charge in [-0.3, -0.25) is 0 Å². The monoisotopic (exact) mass is 301 g/mol. The van der Waals surface area contributed by atoms with Crippen LogP contribution in [-0.4, -0.2) is 24.8 Å². The number of aryl methyl sites for hydroxylation is 1. The lowest BCUT2D eigenvalue weighted by Gasteiger charge is -2.17. The zero-order valence-electron chi connectivity index (χ0n) is 11.8. The Kier molecular flexibility index (Phi) is 4.36. The second-order valence-corrected chi connectivity index (χ2v) is 6.72. The molecule has 108 valence electrons. The molecule has 0 aliphatic carbocycles. The molecule has 5 nitrogen and oxygen atoms in total. The molecule has 0 atom stereocenters. The lowest BCUT2D eigenvalue weighted by atomic mass is 10.1. The van der Waals surface area contributed by atoms with Crippen molar-refractivity contribution in [2.45, 2.75) is 18.4 Å². The molecule has 1 aromatic carbocycles. The summed E-state index contributed by atoms with van der Waals surface area (Å²) in [6.45, 7) is 2.21. The Morgan fingerprint density at radius 1 is 1.24 bits per heavy atom. The highest BCUT2D eigenvalue weighted by Gasteiger charge is 2.24. The van der Waals surface area contributed by atoms with Gasteiger partial charge in [0, 0.05) is 19.8 Å². The van der Waals surface area contributed by atoms with Crippen LogP contribution in [0.3, 0.4) is 0 Å². The van der Waals surface area contributed by atoms with E-state index in [1.807, 2.05) is 37.3 Å². The highest BCUT2D eigenvalue weighted by atomic mass is 32.2. The number of nitrogens with zero attached hydrogens (tertiary/aromatic N) is 3. The van der Waals surface area contributed by atoms with Crippen molar-refractivity contribution in [2.75, 3.05) is 7.05 Å². The maximum atomic E-state index is 12.5. The van der Waals surface area contributed by atoms with Gasteiger partial charge < -0.3 is 0 Å². The zero-order valence-corrected chi connectivity index (χ0v) is 12.6. The highest BCUT2D eigenvalue weighted by Crippen LogP contribution is 2.19. The first kappa shape index (κ1) is 15.2. The molecule has 2 aromatic rings. The number of nitriles is 1. The van der Waals surface area contributed by atoms with Gasteiger partial charge in [-0.25, -0.2) is 13.4 Å². The van der Waals surface area contributed by atoms with E-state index in [4.69, 9.17) is 5.26 Å². The van der Waals surface area contributed by atoms with Crippen LogP contribution in [0, 0.1) is 18.3 Å². The molecule has 0 fully saturated rings. The standard InChI is InChI=1S/C15H15N3O2S/c1-12-5-7-13(8-6-12)11-18(2)21(19,20)15-4-3-9-17-14(15)10-16/h3-9H,11H2,1-2H3. The van der Waals surface area contributed by atoms with Gasteiger partial charge >= 0.3 is 0 Å². The van der Waals surface area contributed by atoms with Crippen LogP contribution >= 0.6 is 0 Å². The van der Waals surface area contributed by atoms with E-state index in [1.54, 1.807) is 0 Å². The predicted octanol–water partition coefficient (Wildman–Crippen LogP) is 2.08. The third kappa shape index (κ3) is 3.27. The number of aromatic nitrogens is 1. The molecule has 21 heavy (non-hydrogen) atoms. The van der Waals surface area contributed by atoms with E-state index in [-0.39, 0.29) is 17.1 Å². The molecular formula is C15H15N3O2S. The van der Waals surface area contributed by atoms with E-state index < -0.39 is 10.0 Å². The Morgan fingerprint density at radius 3 is 2.52 bits per heavy atom. The molecule has 0 aliphatic rings. The maximum absolute atomic E-state index is 12.5. The van der Waals surface area contributed by atoms with Crippen LogP contribution in [-0.2, 0) is 16.6 Å². The molecule has 0 bridgehead atoms. The average molecular weight is 301 g/mol. The Bertz CT molecular complexity index is 777. The Morgan fingerprint density at radius 2 is 1.90 bits per heavy atom. The summed E-state index contributed by atoms with van der Waals surface area (Å²) in [5.41, 5.74) is 1.91. The van der Waals surface area contributed by atoms with Crippen LogP contribution in [0.4, 0.5) is 0 Å². The van der Waals surface area contributed by atoms with Gasteiger partial charge in [0.05, 0.1) is 0 Å². The Labute approximate surface area is 124 Å². The fraction of sp³-hybridized carbons (Fsp3) is 0.200. The van der Waals surface area contributed by atoms with Crippen molar-refractivity contribution in [1.82, 2.24) is 9.29 Å². The highest BCUT2D eigenvalue weighted by molar-refractivity contribution is 7.89. The number of hydrogen-bond donors (Lipinski definition) is 0. The van der Waals surface area contributed by atoms with Gasteiger partial charge in [0.15, 0.2) is 5.69 Å². The number of benzene rings is 1. The number of hydrogen-bond acceptors (Lipinski definition) is 4. The molecule has 0 N–H and O–H groups in total. The van der Waals surface area contributed by atoms with Crippen LogP contribution in [0.1, 0.15) is 16.8 Å². The quantitative estimate of drug-likeness (QED) is 0.866. The lowest BCUT2D eigenvalue weighted by Crippen LogP contribution is -2.27. The third-order valence-electron chi connectivity index (χ3n) is 3.09. The zero-order chi connectivity index (χ0) is 15.5. The molecule has 0 aliphatic heterocycles. The van der Waals surface area contributed by atoms with Crippen LogP contribution in [0.25, 0.3) is 0 Å². The summed E-state index contributed by atoms with van der Waals surface area (Å²) in [7, 11) is -2.25. The van der Waals surface area contributed by atoms with E-state index in [1.165, 1.54) is 29.7 Å². The van der Waals surface area contributed by atoms with Crippen molar-refractivity contribution in [3.8, 4) is 6.07 Å². The fourth-order valence-electron chi connectivity index (χ4n) is 1.89. The van der Waals surface area contributed by atoms with E-state index in [0.717, 1.165) is 11.1 Å². The number of pyridine rings is 1. The second kappa shape index (κ2) is 6.04. The molecular weight excluding hydrogens is 286 g/mol. The molecule has 0 spiro atoms. The summed E-state index contributed by atoms with van der Waals surface area (Å²) in [5.74, 6) is 0. The van der Waals surface area contributed by atoms with Crippen molar-refractivity contribution >= 4 is 10.0 Å². The van der Waals surface area contributed by atoms with E-state index in [2.05, 4.69) is 4.98 Å². The molecule has 0 radical (unpaired) electrons. The molecule has 0 saturated carbocycles. The van der Waals surface area contributed by atoms with Crippen LogP contribution < -0.4 is 0 Å². The van der Waals surface area contributed by atoms with Gasteiger partial charge in [-0.2, -0.15) is 9.57 Å². The summed E-state index contributed by atoms with van der Waals surface area (Å²) < 4.78 is 26.3. The van der Waals surface area contributed by atoms with Gasteiger partial charge in [0.25, 0.3) is 0 Å². The lowest BCUT2D eigenvalue weighted by molar-refractivity contribution is 0.466. The minimum atomic E-state index is -3.74. The smallest absolute Gasteiger partial charge is 0.244 e. The summed E-state index contributed by atoms with van der Waals surface area (Å²) >= 11 is 0. The van der Waals surface area contributed by atoms with Crippen molar-refractivity contribution < 1.29 is 8.42 Å². The Balaban J connectivity index is 2.31.